The third-order valence-corrected chi connectivity index (χ3v) is 10.8. The molecule has 0 aliphatic carbocycles. The third-order valence-electron chi connectivity index (χ3n) is 5.89. The van der Waals surface area contributed by atoms with Crippen molar-refractivity contribution >= 4 is 43.0 Å². The molecule has 1 N–H and O–H groups in total. The Hall–Kier alpha value is -1.79. The largest absolute Gasteiger partial charge is 0.321 e. The van der Waals surface area contributed by atoms with Gasteiger partial charge in [-0.25, -0.2) is 16.8 Å². The lowest BCUT2D eigenvalue weighted by atomic mass is 10.0. The van der Waals surface area contributed by atoms with Crippen molar-refractivity contribution in [3.05, 3.63) is 40.6 Å². The molecular formula is C21H27N3O5S3. The number of nitrogens with zero attached hydrogens (tertiary/aromatic N) is 2. The molecule has 2 aromatic rings. The van der Waals surface area contributed by atoms with E-state index in [2.05, 4.69) is 5.32 Å². The van der Waals surface area contributed by atoms with Crippen molar-refractivity contribution in [1.82, 2.24) is 8.61 Å². The Balaban J connectivity index is 1.49. The lowest BCUT2D eigenvalue weighted by molar-refractivity contribution is 0.102. The van der Waals surface area contributed by atoms with Crippen LogP contribution in [0.15, 0.2) is 45.5 Å². The van der Waals surface area contributed by atoms with Gasteiger partial charge in [-0.05, 0) is 67.3 Å². The fourth-order valence-corrected chi connectivity index (χ4v) is 8.56. The Bertz CT molecular complexity index is 1180. The smallest absolute Gasteiger partial charge is 0.267 e. The molecule has 4 rings (SSSR count). The van der Waals surface area contributed by atoms with Crippen LogP contribution in [0.25, 0.3) is 0 Å². The second-order valence-corrected chi connectivity index (χ2v) is 13.1. The van der Waals surface area contributed by atoms with Crippen molar-refractivity contribution in [3.63, 3.8) is 0 Å². The molecule has 0 saturated carbocycles. The number of thiophene rings is 1. The minimum atomic E-state index is -3.71. The van der Waals surface area contributed by atoms with Gasteiger partial charge in [0, 0.05) is 31.9 Å². The molecule has 2 fully saturated rings. The minimum Gasteiger partial charge on any atom is -0.321 e. The van der Waals surface area contributed by atoms with E-state index < -0.39 is 26.0 Å². The Kier molecular flexibility index (Phi) is 6.73. The number of amides is 1. The first kappa shape index (κ1) is 23.4. The predicted octanol–water partition coefficient (Wildman–Crippen LogP) is 3.21. The number of nitrogens with one attached hydrogen (secondary N) is 1. The number of carbonyl (C=O) groups excluding carboxylic acids is 1. The zero-order chi connectivity index (χ0) is 22.9. The predicted molar refractivity (Wildman–Crippen MR) is 124 cm³/mol. The van der Waals surface area contributed by atoms with Gasteiger partial charge in [-0.2, -0.15) is 8.61 Å². The van der Waals surface area contributed by atoms with Crippen molar-refractivity contribution in [2.45, 2.75) is 42.4 Å². The van der Waals surface area contributed by atoms with E-state index in [9.17, 15) is 21.6 Å². The quantitative estimate of drug-likeness (QED) is 0.660. The fourth-order valence-electron chi connectivity index (χ4n) is 4.15. The van der Waals surface area contributed by atoms with Gasteiger partial charge in [-0.1, -0.05) is 6.92 Å². The highest BCUT2D eigenvalue weighted by Crippen LogP contribution is 2.29. The highest BCUT2D eigenvalue weighted by atomic mass is 32.2. The molecule has 2 aliphatic rings. The Morgan fingerprint density at radius 3 is 2.25 bits per heavy atom. The van der Waals surface area contributed by atoms with Crippen LogP contribution in [-0.2, 0) is 20.0 Å². The number of carbonyl (C=O) groups is 1. The highest BCUT2D eigenvalue weighted by molar-refractivity contribution is 7.89. The van der Waals surface area contributed by atoms with Crippen LogP contribution < -0.4 is 5.32 Å². The summed E-state index contributed by atoms with van der Waals surface area (Å²) in [6.07, 6.45) is 3.50. The number of benzene rings is 1. The van der Waals surface area contributed by atoms with Gasteiger partial charge in [0.05, 0.1) is 4.90 Å². The SMILES string of the molecule is CC1CCCN(S(=O)(=O)c2ccc(NC(=O)c3sccc3S(=O)(=O)N3CCCC3)cc2)C1. The van der Waals surface area contributed by atoms with Crippen LogP contribution in [0, 0.1) is 5.92 Å². The first-order valence-electron chi connectivity index (χ1n) is 10.7. The summed E-state index contributed by atoms with van der Waals surface area (Å²) in [7, 11) is -7.29. The first-order valence-corrected chi connectivity index (χ1v) is 14.4. The molecule has 1 aromatic carbocycles. The molecule has 2 aliphatic heterocycles. The van der Waals surface area contributed by atoms with Crippen LogP contribution in [0.3, 0.4) is 0 Å². The molecule has 0 radical (unpaired) electrons. The molecule has 3 heterocycles. The van der Waals surface area contributed by atoms with Gasteiger partial charge in [-0.3, -0.25) is 4.79 Å². The summed E-state index contributed by atoms with van der Waals surface area (Å²) in [5.74, 6) is -0.202. The second-order valence-electron chi connectivity index (χ2n) is 8.31. The Morgan fingerprint density at radius 1 is 0.938 bits per heavy atom. The van der Waals surface area contributed by atoms with Crippen LogP contribution in [-0.4, -0.2) is 57.5 Å². The van der Waals surface area contributed by atoms with E-state index in [1.807, 2.05) is 6.92 Å². The summed E-state index contributed by atoms with van der Waals surface area (Å²) < 4.78 is 54.5. The zero-order valence-corrected chi connectivity index (χ0v) is 20.3. The molecule has 174 valence electrons. The molecule has 11 heteroatoms. The minimum absolute atomic E-state index is 0.0142. The van der Waals surface area contributed by atoms with E-state index in [1.54, 1.807) is 5.38 Å². The molecule has 0 bridgehead atoms. The van der Waals surface area contributed by atoms with Crippen LogP contribution in [0.4, 0.5) is 5.69 Å². The van der Waals surface area contributed by atoms with E-state index in [1.165, 1.54) is 38.9 Å². The molecule has 1 unspecified atom stereocenters. The van der Waals surface area contributed by atoms with Crippen LogP contribution >= 0.6 is 11.3 Å². The topological polar surface area (TPSA) is 104 Å². The van der Waals surface area contributed by atoms with Crippen molar-refractivity contribution in [2.75, 3.05) is 31.5 Å². The third kappa shape index (κ3) is 4.62. The van der Waals surface area contributed by atoms with Crippen LogP contribution in [0.5, 0.6) is 0 Å². The summed E-state index contributed by atoms with van der Waals surface area (Å²) in [5.41, 5.74) is 0.402. The molecule has 32 heavy (non-hydrogen) atoms. The maximum absolute atomic E-state index is 12.9. The maximum Gasteiger partial charge on any atom is 0.267 e. The van der Waals surface area contributed by atoms with Gasteiger partial charge in [0.25, 0.3) is 5.91 Å². The molecule has 2 saturated heterocycles. The monoisotopic (exact) mass is 497 g/mol. The van der Waals surface area contributed by atoms with E-state index in [-0.39, 0.29) is 14.7 Å². The van der Waals surface area contributed by atoms with Gasteiger partial charge >= 0.3 is 0 Å². The first-order chi connectivity index (χ1) is 15.2. The number of piperidine rings is 1. The average Bonchev–Trinajstić information content (AvgIpc) is 3.47. The molecule has 1 amide bonds. The Morgan fingerprint density at radius 2 is 1.59 bits per heavy atom. The summed E-state index contributed by atoms with van der Waals surface area (Å²) in [5, 5.41) is 4.28. The summed E-state index contributed by atoms with van der Waals surface area (Å²) >= 11 is 1.07. The van der Waals surface area contributed by atoms with E-state index in [0.29, 0.717) is 37.8 Å². The standard InChI is InChI=1S/C21H27N3O5S3/c1-16-5-4-13-24(15-16)31(26,27)18-8-6-17(7-9-18)22-21(25)20-19(10-14-30-20)32(28,29)23-11-2-3-12-23/h6-10,14,16H,2-5,11-13,15H2,1H3,(H,22,25). The number of hydrogen-bond donors (Lipinski definition) is 1. The van der Waals surface area contributed by atoms with Gasteiger partial charge < -0.3 is 5.32 Å². The molecular weight excluding hydrogens is 470 g/mol. The van der Waals surface area contributed by atoms with E-state index in [0.717, 1.165) is 37.0 Å². The molecule has 1 aromatic heterocycles. The van der Waals surface area contributed by atoms with E-state index in [4.69, 9.17) is 0 Å². The van der Waals surface area contributed by atoms with Crippen molar-refractivity contribution in [3.8, 4) is 0 Å². The van der Waals surface area contributed by atoms with Crippen LogP contribution in [0.2, 0.25) is 0 Å². The summed E-state index contributed by atoms with van der Waals surface area (Å²) in [4.78, 5) is 13.1. The second kappa shape index (κ2) is 9.22. The number of rotatable bonds is 6. The maximum atomic E-state index is 12.9. The number of hydrogen-bond acceptors (Lipinski definition) is 6. The lowest BCUT2D eigenvalue weighted by Gasteiger charge is -2.30. The van der Waals surface area contributed by atoms with Gasteiger partial charge in [0.2, 0.25) is 20.0 Å². The average molecular weight is 498 g/mol. The molecule has 1 atom stereocenters. The Labute approximate surface area is 193 Å². The summed E-state index contributed by atoms with van der Waals surface area (Å²) in [6, 6.07) is 7.46. The van der Waals surface area contributed by atoms with Crippen molar-refractivity contribution in [1.29, 1.82) is 0 Å². The fraction of sp³-hybridized carbons (Fsp3) is 0.476. The van der Waals surface area contributed by atoms with Crippen molar-refractivity contribution in [2.24, 2.45) is 5.92 Å². The van der Waals surface area contributed by atoms with E-state index >= 15 is 0 Å². The van der Waals surface area contributed by atoms with Crippen molar-refractivity contribution < 1.29 is 21.6 Å². The van der Waals surface area contributed by atoms with Crippen LogP contribution in [0.1, 0.15) is 42.3 Å². The van der Waals surface area contributed by atoms with Gasteiger partial charge in [0.15, 0.2) is 0 Å². The van der Waals surface area contributed by atoms with Gasteiger partial charge in [0.1, 0.15) is 9.77 Å². The zero-order valence-electron chi connectivity index (χ0n) is 17.9. The highest BCUT2D eigenvalue weighted by Gasteiger charge is 2.32. The normalized spacial score (nSPS) is 21.0. The number of sulfonamides is 2. The molecule has 0 spiro atoms. The number of anilines is 1. The lowest BCUT2D eigenvalue weighted by Crippen LogP contribution is -2.39. The summed E-state index contributed by atoms with van der Waals surface area (Å²) in [6.45, 7) is 3.99. The molecule has 8 nitrogen and oxygen atoms in total. The van der Waals surface area contributed by atoms with Gasteiger partial charge in [-0.15, -0.1) is 11.3 Å².